The van der Waals surface area contributed by atoms with Crippen LogP contribution in [0.3, 0.4) is 0 Å². The van der Waals surface area contributed by atoms with E-state index in [9.17, 15) is 0 Å². The molecule has 1 saturated heterocycles. The molecule has 0 bridgehead atoms. The third kappa shape index (κ3) is 4.05. The van der Waals surface area contributed by atoms with E-state index >= 15 is 0 Å². The van der Waals surface area contributed by atoms with Crippen molar-refractivity contribution in [1.29, 1.82) is 0 Å². The molecule has 1 fully saturated rings. The lowest BCUT2D eigenvalue weighted by Crippen LogP contribution is -2.43. The molecule has 0 spiro atoms. The van der Waals surface area contributed by atoms with Gasteiger partial charge in [0, 0.05) is 51.7 Å². The van der Waals surface area contributed by atoms with E-state index in [4.69, 9.17) is 0 Å². The average molecular weight is 300 g/mol. The van der Waals surface area contributed by atoms with Crippen LogP contribution in [0.5, 0.6) is 0 Å². The van der Waals surface area contributed by atoms with E-state index in [0.717, 1.165) is 44.1 Å². The molecule has 118 valence electrons. The Morgan fingerprint density at radius 1 is 1.05 bits per heavy atom. The third-order valence-corrected chi connectivity index (χ3v) is 4.08. The Kier molecular flexibility index (Phi) is 4.70. The van der Waals surface area contributed by atoms with E-state index in [1.165, 1.54) is 5.56 Å². The minimum absolute atomic E-state index is 0.700. The van der Waals surface area contributed by atoms with Gasteiger partial charge in [-0.1, -0.05) is 17.3 Å². The molecule has 1 aromatic carbocycles. The minimum atomic E-state index is 0.700. The standard InChI is InChI=1S/C16H24N6/c1-20-7-9-22(10-8-20)12-14-3-5-15(6-4-14)17-11-16-13-21(2)19-18-16/h3-6,13,17H,7-12H2,1-2H3. The normalized spacial score (nSPS) is 16.8. The van der Waals surface area contributed by atoms with Gasteiger partial charge < -0.3 is 10.2 Å². The van der Waals surface area contributed by atoms with Crippen molar-refractivity contribution in [2.75, 3.05) is 38.5 Å². The minimum Gasteiger partial charge on any atom is -0.379 e. The van der Waals surface area contributed by atoms with Crippen LogP contribution in [0.1, 0.15) is 11.3 Å². The predicted molar refractivity (Wildman–Crippen MR) is 87.5 cm³/mol. The third-order valence-electron chi connectivity index (χ3n) is 4.08. The lowest BCUT2D eigenvalue weighted by molar-refractivity contribution is 0.148. The number of hydrogen-bond acceptors (Lipinski definition) is 5. The number of nitrogens with zero attached hydrogens (tertiary/aromatic N) is 5. The first-order valence-electron chi connectivity index (χ1n) is 7.78. The van der Waals surface area contributed by atoms with E-state index in [0.29, 0.717) is 6.54 Å². The van der Waals surface area contributed by atoms with Crippen LogP contribution in [0, 0.1) is 0 Å². The Bertz CT molecular complexity index is 583. The summed E-state index contributed by atoms with van der Waals surface area (Å²) in [4.78, 5) is 4.90. The first-order chi connectivity index (χ1) is 10.7. The summed E-state index contributed by atoms with van der Waals surface area (Å²) in [6, 6.07) is 8.69. The van der Waals surface area contributed by atoms with Crippen LogP contribution in [0.25, 0.3) is 0 Å². The Morgan fingerprint density at radius 2 is 1.77 bits per heavy atom. The maximum Gasteiger partial charge on any atom is 0.102 e. The van der Waals surface area contributed by atoms with Gasteiger partial charge in [0.1, 0.15) is 5.69 Å². The van der Waals surface area contributed by atoms with Gasteiger partial charge in [-0.25, -0.2) is 0 Å². The van der Waals surface area contributed by atoms with Gasteiger partial charge in [-0.05, 0) is 24.7 Å². The molecule has 2 heterocycles. The molecule has 0 atom stereocenters. The van der Waals surface area contributed by atoms with Gasteiger partial charge in [-0.3, -0.25) is 9.58 Å². The first-order valence-corrected chi connectivity index (χ1v) is 7.78. The number of likely N-dealkylation sites (N-methyl/N-ethyl adjacent to an activating group) is 1. The molecule has 0 unspecified atom stereocenters. The molecule has 2 aromatic rings. The van der Waals surface area contributed by atoms with E-state index < -0.39 is 0 Å². The molecule has 1 aromatic heterocycles. The number of aromatic nitrogens is 3. The summed E-state index contributed by atoms with van der Waals surface area (Å²) in [5.41, 5.74) is 3.44. The van der Waals surface area contributed by atoms with Gasteiger partial charge in [0.25, 0.3) is 0 Å². The highest BCUT2D eigenvalue weighted by Gasteiger charge is 2.13. The number of piperazine rings is 1. The lowest BCUT2D eigenvalue weighted by atomic mass is 10.2. The fourth-order valence-electron chi connectivity index (χ4n) is 2.66. The quantitative estimate of drug-likeness (QED) is 0.898. The number of nitrogens with one attached hydrogen (secondary N) is 1. The summed E-state index contributed by atoms with van der Waals surface area (Å²) in [5, 5.41) is 11.4. The number of aryl methyl sites for hydroxylation is 1. The number of anilines is 1. The largest absolute Gasteiger partial charge is 0.379 e. The van der Waals surface area contributed by atoms with Crippen molar-refractivity contribution in [3.63, 3.8) is 0 Å². The fraction of sp³-hybridized carbons (Fsp3) is 0.500. The van der Waals surface area contributed by atoms with Crippen LogP contribution in [0.15, 0.2) is 30.5 Å². The number of hydrogen-bond donors (Lipinski definition) is 1. The molecule has 0 radical (unpaired) electrons. The molecular formula is C16H24N6. The highest BCUT2D eigenvalue weighted by molar-refractivity contribution is 5.44. The second kappa shape index (κ2) is 6.89. The first kappa shape index (κ1) is 15.0. The summed E-state index contributed by atoms with van der Waals surface area (Å²) in [7, 11) is 4.07. The molecule has 6 heteroatoms. The van der Waals surface area contributed by atoms with Crippen molar-refractivity contribution in [3.8, 4) is 0 Å². The zero-order chi connectivity index (χ0) is 15.4. The number of rotatable bonds is 5. The van der Waals surface area contributed by atoms with Gasteiger partial charge >= 0.3 is 0 Å². The second-order valence-electron chi connectivity index (χ2n) is 6.01. The van der Waals surface area contributed by atoms with Crippen molar-refractivity contribution < 1.29 is 0 Å². The summed E-state index contributed by atoms with van der Waals surface area (Å²) >= 11 is 0. The summed E-state index contributed by atoms with van der Waals surface area (Å²) in [6.45, 7) is 6.38. The second-order valence-corrected chi connectivity index (χ2v) is 6.01. The Labute approximate surface area is 131 Å². The SMILES string of the molecule is CN1CCN(Cc2ccc(NCc3cn(C)nn3)cc2)CC1. The van der Waals surface area contributed by atoms with Crippen molar-refractivity contribution in [2.24, 2.45) is 7.05 Å². The predicted octanol–water partition coefficient (Wildman–Crippen LogP) is 1.17. The van der Waals surface area contributed by atoms with Crippen LogP contribution in [-0.4, -0.2) is 58.0 Å². The topological polar surface area (TPSA) is 49.2 Å². The average Bonchev–Trinajstić information content (AvgIpc) is 2.94. The Hall–Kier alpha value is -1.92. The summed E-state index contributed by atoms with van der Waals surface area (Å²) in [6.07, 6.45) is 1.93. The smallest absolute Gasteiger partial charge is 0.102 e. The molecule has 0 aliphatic carbocycles. The van der Waals surface area contributed by atoms with Crippen molar-refractivity contribution in [1.82, 2.24) is 24.8 Å². The molecule has 1 N–H and O–H groups in total. The Morgan fingerprint density at radius 3 is 2.41 bits per heavy atom. The van der Waals surface area contributed by atoms with E-state index in [1.807, 2.05) is 13.2 Å². The zero-order valence-corrected chi connectivity index (χ0v) is 13.4. The van der Waals surface area contributed by atoms with Crippen molar-refractivity contribution >= 4 is 5.69 Å². The zero-order valence-electron chi connectivity index (χ0n) is 13.4. The van der Waals surface area contributed by atoms with E-state index in [1.54, 1.807) is 4.68 Å². The fourth-order valence-corrected chi connectivity index (χ4v) is 2.66. The summed E-state index contributed by atoms with van der Waals surface area (Å²) in [5.74, 6) is 0. The van der Waals surface area contributed by atoms with Crippen LogP contribution in [-0.2, 0) is 20.1 Å². The van der Waals surface area contributed by atoms with Crippen LogP contribution in [0.2, 0.25) is 0 Å². The maximum absolute atomic E-state index is 4.07. The monoisotopic (exact) mass is 300 g/mol. The van der Waals surface area contributed by atoms with Gasteiger partial charge in [-0.15, -0.1) is 5.10 Å². The molecule has 3 rings (SSSR count). The molecule has 22 heavy (non-hydrogen) atoms. The molecule has 1 aliphatic rings. The maximum atomic E-state index is 4.07. The molecule has 6 nitrogen and oxygen atoms in total. The highest BCUT2D eigenvalue weighted by atomic mass is 15.4. The molecule has 1 aliphatic heterocycles. The van der Waals surface area contributed by atoms with Gasteiger partial charge in [0.2, 0.25) is 0 Å². The highest BCUT2D eigenvalue weighted by Crippen LogP contribution is 2.13. The van der Waals surface area contributed by atoms with E-state index in [2.05, 4.69) is 56.7 Å². The van der Waals surface area contributed by atoms with E-state index in [-0.39, 0.29) is 0 Å². The number of benzene rings is 1. The van der Waals surface area contributed by atoms with Crippen LogP contribution >= 0.6 is 0 Å². The molecular weight excluding hydrogens is 276 g/mol. The van der Waals surface area contributed by atoms with Gasteiger partial charge in [-0.2, -0.15) is 0 Å². The van der Waals surface area contributed by atoms with Crippen molar-refractivity contribution in [2.45, 2.75) is 13.1 Å². The van der Waals surface area contributed by atoms with Crippen molar-refractivity contribution in [3.05, 3.63) is 41.7 Å². The summed E-state index contributed by atoms with van der Waals surface area (Å²) < 4.78 is 1.72. The van der Waals surface area contributed by atoms with Gasteiger partial charge in [0.05, 0.1) is 6.54 Å². The van der Waals surface area contributed by atoms with Crippen LogP contribution in [0.4, 0.5) is 5.69 Å². The molecule has 0 amide bonds. The molecule has 0 saturated carbocycles. The van der Waals surface area contributed by atoms with Crippen LogP contribution < -0.4 is 5.32 Å². The van der Waals surface area contributed by atoms with Gasteiger partial charge in [0.15, 0.2) is 0 Å². The Balaban J connectivity index is 1.49. The lowest BCUT2D eigenvalue weighted by Gasteiger charge is -2.32.